The molecular weight excluding hydrogens is 354 g/mol. The van der Waals surface area contributed by atoms with Gasteiger partial charge in [-0.25, -0.2) is 4.79 Å². The van der Waals surface area contributed by atoms with Crippen LogP contribution in [0.15, 0.2) is 60.7 Å². The summed E-state index contributed by atoms with van der Waals surface area (Å²) in [4.78, 5) is 39.5. The van der Waals surface area contributed by atoms with E-state index in [1.165, 1.54) is 0 Å². The van der Waals surface area contributed by atoms with E-state index >= 15 is 0 Å². The number of rotatable bonds is 7. The summed E-state index contributed by atoms with van der Waals surface area (Å²) >= 11 is 0. The number of hydrogen-bond acceptors (Lipinski definition) is 3. The molecule has 3 rings (SSSR count). The normalized spacial score (nSPS) is 16.6. The fourth-order valence-electron chi connectivity index (χ4n) is 3.62. The minimum absolute atomic E-state index is 0.00808. The van der Waals surface area contributed by atoms with Crippen molar-refractivity contribution >= 4 is 17.8 Å². The number of carbonyl (C=O) groups excluding carboxylic acids is 3. The lowest BCUT2D eigenvalue weighted by molar-refractivity contribution is -0.134. The van der Waals surface area contributed by atoms with Crippen LogP contribution >= 0.6 is 0 Å². The Hall–Kier alpha value is -3.15. The molecule has 146 valence electrons. The summed E-state index contributed by atoms with van der Waals surface area (Å²) in [6.45, 7) is 3.64. The van der Waals surface area contributed by atoms with E-state index in [2.05, 4.69) is 10.6 Å². The molecule has 2 aromatic rings. The summed E-state index contributed by atoms with van der Waals surface area (Å²) < 4.78 is 0. The highest BCUT2D eigenvalue weighted by Crippen LogP contribution is 2.35. The molecular formula is C22H25N3O3. The largest absolute Gasteiger partial charge is 0.352 e. The number of benzene rings is 2. The van der Waals surface area contributed by atoms with Gasteiger partial charge in [0.2, 0.25) is 5.91 Å². The maximum atomic E-state index is 13.4. The minimum Gasteiger partial charge on any atom is -0.352 e. The lowest BCUT2D eigenvalue weighted by Gasteiger charge is -2.28. The summed E-state index contributed by atoms with van der Waals surface area (Å²) in [6.07, 6.45) is 1.78. The molecule has 1 fully saturated rings. The molecule has 0 bridgehead atoms. The molecule has 2 aromatic carbocycles. The molecule has 0 radical (unpaired) electrons. The van der Waals surface area contributed by atoms with Crippen molar-refractivity contribution in [2.75, 3.05) is 6.54 Å². The first-order valence-corrected chi connectivity index (χ1v) is 9.53. The molecule has 2 N–H and O–H groups in total. The third-order valence-electron chi connectivity index (χ3n) is 4.95. The topological polar surface area (TPSA) is 78.5 Å². The molecule has 0 saturated carbocycles. The van der Waals surface area contributed by atoms with Gasteiger partial charge in [0.1, 0.15) is 6.54 Å². The van der Waals surface area contributed by atoms with Crippen molar-refractivity contribution in [1.82, 2.24) is 15.5 Å². The van der Waals surface area contributed by atoms with Crippen LogP contribution in [0.3, 0.4) is 0 Å². The molecule has 0 spiro atoms. The van der Waals surface area contributed by atoms with E-state index in [0.717, 1.165) is 17.7 Å². The standard InChI is InChI=1S/C22H25N3O3/c1-3-10-16(2)23-19(26)15-25-20(27)22(24-21(25)28,17-11-6-4-7-12-17)18-13-8-5-9-14-18/h4-9,11-14,16H,3,10,15H2,1-2H3,(H,23,26)(H,24,28)/t16-/m0/s1. The second-order valence-corrected chi connectivity index (χ2v) is 7.06. The van der Waals surface area contributed by atoms with Crippen molar-refractivity contribution in [1.29, 1.82) is 0 Å². The molecule has 6 nitrogen and oxygen atoms in total. The van der Waals surface area contributed by atoms with Gasteiger partial charge >= 0.3 is 6.03 Å². The smallest absolute Gasteiger partial charge is 0.326 e. The number of imide groups is 1. The Morgan fingerprint density at radius 3 is 2.07 bits per heavy atom. The van der Waals surface area contributed by atoms with Crippen molar-refractivity contribution < 1.29 is 14.4 Å². The first kappa shape index (κ1) is 19.6. The zero-order valence-corrected chi connectivity index (χ0v) is 16.1. The minimum atomic E-state index is -1.34. The van der Waals surface area contributed by atoms with Gasteiger partial charge in [-0.2, -0.15) is 0 Å². The van der Waals surface area contributed by atoms with Crippen molar-refractivity contribution in [3.05, 3.63) is 71.8 Å². The maximum Gasteiger partial charge on any atom is 0.326 e. The third-order valence-corrected chi connectivity index (χ3v) is 4.95. The molecule has 4 amide bonds. The van der Waals surface area contributed by atoms with Crippen LogP contribution in [0.2, 0.25) is 0 Å². The zero-order valence-electron chi connectivity index (χ0n) is 16.1. The van der Waals surface area contributed by atoms with Gasteiger partial charge in [0.15, 0.2) is 5.54 Å². The Balaban J connectivity index is 1.92. The van der Waals surface area contributed by atoms with E-state index in [1.807, 2.05) is 50.2 Å². The second-order valence-electron chi connectivity index (χ2n) is 7.06. The molecule has 28 heavy (non-hydrogen) atoms. The van der Waals surface area contributed by atoms with Crippen LogP contribution in [0.25, 0.3) is 0 Å². The fraction of sp³-hybridized carbons (Fsp3) is 0.318. The number of carbonyl (C=O) groups is 3. The van der Waals surface area contributed by atoms with Crippen LogP contribution in [0.4, 0.5) is 4.79 Å². The predicted molar refractivity (Wildman–Crippen MR) is 106 cm³/mol. The van der Waals surface area contributed by atoms with E-state index in [0.29, 0.717) is 11.1 Å². The average Bonchev–Trinajstić information content (AvgIpc) is 2.95. The molecule has 1 aliphatic rings. The molecule has 1 heterocycles. The summed E-state index contributed by atoms with van der Waals surface area (Å²) in [5.41, 5.74) is -0.0295. The van der Waals surface area contributed by atoms with Crippen molar-refractivity contribution in [3.8, 4) is 0 Å². The van der Waals surface area contributed by atoms with Crippen molar-refractivity contribution in [2.24, 2.45) is 0 Å². The van der Waals surface area contributed by atoms with Gasteiger partial charge < -0.3 is 10.6 Å². The number of hydrogen-bond donors (Lipinski definition) is 2. The molecule has 1 aliphatic heterocycles. The van der Waals surface area contributed by atoms with Crippen molar-refractivity contribution in [2.45, 2.75) is 38.3 Å². The Bertz CT molecular complexity index is 812. The van der Waals surface area contributed by atoms with Crippen LogP contribution < -0.4 is 10.6 Å². The van der Waals surface area contributed by atoms with Gasteiger partial charge in [-0.3, -0.25) is 14.5 Å². The van der Waals surface area contributed by atoms with E-state index in [-0.39, 0.29) is 18.5 Å². The molecule has 0 unspecified atom stereocenters. The number of nitrogens with zero attached hydrogens (tertiary/aromatic N) is 1. The van der Waals surface area contributed by atoms with E-state index in [1.54, 1.807) is 24.3 Å². The third kappa shape index (κ3) is 3.63. The summed E-state index contributed by atoms with van der Waals surface area (Å²) in [6, 6.07) is 17.6. The van der Waals surface area contributed by atoms with E-state index in [9.17, 15) is 14.4 Å². The molecule has 1 saturated heterocycles. The van der Waals surface area contributed by atoms with Crippen LogP contribution in [0.5, 0.6) is 0 Å². The van der Waals surface area contributed by atoms with Gasteiger partial charge in [-0.1, -0.05) is 74.0 Å². The fourth-order valence-corrected chi connectivity index (χ4v) is 3.62. The van der Waals surface area contributed by atoms with Gasteiger partial charge in [0.25, 0.3) is 5.91 Å². The van der Waals surface area contributed by atoms with Crippen LogP contribution in [-0.2, 0) is 15.1 Å². The van der Waals surface area contributed by atoms with Crippen LogP contribution in [-0.4, -0.2) is 35.3 Å². The van der Waals surface area contributed by atoms with E-state index in [4.69, 9.17) is 0 Å². The van der Waals surface area contributed by atoms with Crippen LogP contribution in [0.1, 0.15) is 37.8 Å². The predicted octanol–water partition coefficient (Wildman–Crippen LogP) is 2.79. The molecule has 0 aromatic heterocycles. The second kappa shape index (κ2) is 8.25. The molecule has 0 aliphatic carbocycles. The lowest BCUT2D eigenvalue weighted by atomic mass is 9.82. The monoisotopic (exact) mass is 379 g/mol. The van der Waals surface area contributed by atoms with E-state index < -0.39 is 17.5 Å². The maximum absolute atomic E-state index is 13.4. The number of urea groups is 1. The molecule has 1 atom stereocenters. The highest BCUT2D eigenvalue weighted by atomic mass is 16.2. The quantitative estimate of drug-likeness (QED) is 0.726. The Labute approximate surface area is 164 Å². The van der Waals surface area contributed by atoms with Gasteiger partial charge in [0, 0.05) is 6.04 Å². The summed E-state index contributed by atoms with van der Waals surface area (Å²) in [5, 5.41) is 5.68. The molecule has 6 heteroatoms. The zero-order chi connectivity index (χ0) is 20.1. The SMILES string of the molecule is CCC[C@H](C)NC(=O)CN1C(=O)NC(c2ccccc2)(c2ccccc2)C1=O. The highest BCUT2D eigenvalue weighted by Gasteiger charge is 2.54. The summed E-state index contributed by atoms with van der Waals surface area (Å²) in [5.74, 6) is -0.797. The number of nitrogens with one attached hydrogen (secondary N) is 2. The Morgan fingerprint density at radius 2 is 1.57 bits per heavy atom. The van der Waals surface area contributed by atoms with Gasteiger partial charge in [0.05, 0.1) is 0 Å². The highest BCUT2D eigenvalue weighted by molar-refractivity contribution is 6.11. The first-order valence-electron chi connectivity index (χ1n) is 9.53. The summed E-state index contributed by atoms with van der Waals surface area (Å²) in [7, 11) is 0. The Kier molecular flexibility index (Phi) is 5.78. The number of amides is 4. The Morgan fingerprint density at radius 1 is 1.04 bits per heavy atom. The van der Waals surface area contributed by atoms with Crippen LogP contribution in [0, 0.1) is 0 Å². The van der Waals surface area contributed by atoms with Gasteiger partial charge in [-0.05, 0) is 24.5 Å². The van der Waals surface area contributed by atoms with Gasteiger partial charge in [-0.15, -0.1) is 0 Å². The first-order chi connectivity index (χ1) is 13.5. The average molecular weight is 379 g/mol. The van der Waals surface area contributed by atoms with Crippen molar-refractivity contribution in [3.63, 3.8) is 0 Å². The lowest BCUT2D eigenvalue weighted by Crippen LogP contribution is -2.46.